The third kappa shape index (κ3) is 4.99. The smallest absolute Gasteiger partial charge is 0.340 e. The van der Waals surface area contributed by atoms with Crippen molar-refractivity contribution < 1.29 is 14.3 Å². The summed E-state index contributed by atoms with van der Waals surface area (Å²) in [7, 11) is 1.37. The molecule has 0 spiro atoms. The summed E-state index contributed by atoms with van der Waals surface area (Å²) in [6.07, 6.45) is 0. The van der Waals surface area contributed by atoms with Gasteiger partial charge in [-0.25, -0.2) is 4.79 Å². The molecule has 0 aliphatic rings. The zero-order valence-electron chi connectivity index (χ0n) is 13.5. The lowest BCUT2D eigenvalue weighted by Gasteiger charge is -2.12. The summed E-state index contributed by atoms with van der Waals surface area (Å²) in [5.41, 5.74) is 3.57. The number of methoxy groups -OCH3 is 1. The Morgan fingerprint density at radius 1 is 1.13 bits per heavy atom. The molecular formula is C18H20BrNO3. The third-order valence-corrected chi connectivity index (χ3v) is 3.76. The normalized spacial score (nSPS) is 10.3. The SMILES string of the molecule is COC(=O)c1cc(Br)ccc1NCCOc1cc(C)cc(C)c1. The van der Waals surface area contributed by atoms with Gasteiger partial charge >= 0.3 is 5.97 Å². The van der Waals surface area contributed by atoms with Crippen LogP contribution in [0.3, 0.4) is 0 Å². The minimum atomic E-state index is -0.371. The molecule has 5 heteroatoms. The van der Waals surface area contributed by atoms with Gasteiger partial charge in [-0.05, 0) is 55.3 Å². The highest BCUT2D eigenvalue weighted by molar-refractivity contribution is 9.10. The summed E-state index contributed by atoms with van der Waals surface area (Å²) in [4.78, 5) is 11.8. The zero-order valence-corrected chi connectivity index (χ0v) is 15.1. The fourth-order valence-electron chi connectivity index (χ4n) is 2.32. The van der Waals surface area contributed by atoms with Crippen molar-refractivity contribution in [2.24, 2.45) is 0 Å². The number of esters is 1. The third-order valence-electron chi connectivity index (χ3n) is 3.27. The number of carbonyl (C=O) groups excluding carboxylic acids is 1. The molecule has 0 heterocycles. The monoisotopic (exact) mass is 377 g/mol. The Kier molecular flexibility index (Phi) is 6.04. The van der Waals surface area contributed by atoms with E-state index in [0.29, 0.717) is 18.7 Å². The topological polar surface area (TPSA) is 47.6 Å². The van der Waals surface area contributed by atoms with Gasteiger partial charge in [0.15, 0.2) is 0 Å². The maximum atomic E-state index is 11.8. The van der Waals surface area contributed by atoms with E-state index in [0.717, 1.165) is 15.9 Å². The Hall–Kier alpha value is -2.01. The van der Waals surface area contributed by atoms with Crippen LogP contribution in [0.1, 0.15) is 21.5 Å². The van der Waals surface area contributed by atoms with Crippen LogP contribution in [0.4, 0.5) is 5.69 Å². The van der Waals surface area contributed by atoms with Gasteiger partial charge in [-0.2, -0.15) is 0 Å². The summed E-state index contributed by atoms with van der Waals surface area (Å²) in [5.74, 6) is 0.484. The number of carbonyl (C=O) groups is 1. The fraction of sp³-hybridized carbons (Fsp3) is 0.278. The van der Waals surface area contributed by atoms with Crippen molar-refractivity contribution >= 4 is 27.6 Å². The molecule has 0 bridgehead atoms. The number of aryl methyl sites for hydroxylation is 2. The fourth-order valence-corrected chi connectivity index (χ4v) is 2.68. The number of anilines is 1. The van der Waals surface area contributed by atoms with Crippen LogP contribution in [0.25, 0.3) is 0 Å². The van der Waals surface area contributed by atoms with Gasteiger partial charge in [0.25, 0.3) is 0 Å². The highest BCUT2D eigenvalue weighted by Crippen LogP contribution is 2.22. The molecule has 0 saturated carbocycles. The van der Waals surface area contributed by atoms with Crippen LogP contribution in [0.2, 0.25) is 0 Å². The molecule has 1 N–H and O–H groups in total. The molecule has 0 fully saturated rings. The van der Waals surface area contributed by atoms with E-state index < -0.39 is 0 Å². The Labute approximate surface area is 144 Å². The van der Waals surface area contributed by atoms with Crippen LogP contribution in [-0.2, 0) is 4.74 Å². The summed E-state index contributed by atoms with van der Waals surface area (Å²) in [6.45, 7) is 5.17. The maximum absolute atomic E-state index is 11.8. The van der Waals surface area contributed by atoms with Gasteiger partial charge in [0.1, 0.15) is 12.4 Å². The van der Waals surface area contributed by atoms with Crippen LogP contribution in [0.15, 0.2) is 40.9 Å². The second-order valence-corrected chi connectivity index (χ2v) is 6.20. The predicted molar refractivity (Wildman–Crippen MR) is 95.4 cm³/mol. The van der Waals surface area contributed by atoms with Gasteiger partial charge in [-0.15, -0.1) is 0 Å². The molecule has 0 amide bonds. The molecule has 0 aromatic heterocycles. The molecular weight excluding hydrogens is 358 g/mol. The van der Waals surface area contributed by atoms with Crippen molar-refractivity contribution in [2.75, 3.05) is 25.6 Å². The Morgan fingerprint density at radius 3 is 2.48 bits per heavy atom. The van der Waals surface area contributed by atoms with Gasteiger partial charge < -0.3 is 14.8 Å². The van der Waals surface area contributed by atoms with Crippen molar-refractivity contribution in [1.82, 2.24) is 0 Å². The lowest BCUT2D eigenvalue weighted by Crippen LogP contribution is -2.14. The first-order valence-electron chi connectivity index (χ1n) is 7.32. The molecule has 2 aromatic carbocycles. The molecule has 122 valence electrons. The van der Waals surface area contributed by atoms with Gasteiger partial charge in [0.05, 0.1) is 12.7 Å². The molecule has 0 unspecified atom stereocenters. The number of hydrogen-bond donors (Lipinski definition) is 1. The second-order valence-electron chi connectivity index (χ2n) is 5.28. The average Bonchev–Trinajstić information content (AvgIpc) is 2.51. The number of rotatable bonds is 6. The molecule has 0 saturated heterocycles. The van der Waals surface area contributed by atoms with E-state index in [2.05, 4.69) is 27.3 Å². The van der Waals surface area contributed by atoms with E-state index in [-0.39, 0.29) is 5.97 Å². The van der Waals surface area contributed by atoms with Gasteiger partial charge in [-0.3, -0.25) is 0 Å². The summed E-state index contributed by atoms with van der Waals surface area (Å²) >= 11 is 3.36. The van der Waals surface area contributed by atoms with Crippen molar-refractivity contribution in [3.63, 3.8) is 0 Å². The minimum absolute atomic E-state index is 0.371. The van der Waals surface area contributed by atoms with Gasteiger partial charge in [0.2, 0.25) is 0 Å². The van der Waals surface area contributed by atoms with Crippen LogP contribution in [-0.4, -0.2) is 26.2 Å². The molecule has 23 heavy (non-hydrogen) atoms. The number of ether oxygens (including phenoxy) is 2. The lowest BCUT2D eigenvalue weighted by molar-refractivity contribution is 0.0601. The van der Waals surface area contributed by atoms with Crippen molar-refractivity contribution in [3.8, 4) is 5.75 Å². The van der Waals surface area contributed by atoms with Crippen LogP contribution in [0.5, 0.6) is 5.75 Å². The largest absolute Gasteiger partial charge is 0.492 e. The van der Waals surface area contributed by atoms with Crippen molar-refractivity contribution in [3.05, 3.63) is 57.6 Å². The summed E-state index contributed by atoms with van der Waals surface area (Å²) < 4.78 is 11.4. The number of nitrogens with one attached hydrogen (secondary N) is 1. The molecule has 0 aliphatic heterocycles. The number of hydrogen-bond acceptors (Lipinski definition) is 4. The predicted octanol–water partition coefficient (Wildman–Crippen LogP) is 4.34. The maximum Gasteiger partial charge on any atom is 0.340 e. The number of benzene rings is 2. The highest BCUT2D eigenvalue weighted by atomic mass is 79.9. The van der Waals surface area contributed by atoms with E-state index in [1.807, 2.05) is 38.1 Å². The molecule has 0 radical (unpaired) electrons. The molecule has 2 aromatic rings. The standard InChI is InChI=1S/C18H20BrNO3/c1-12-8-13(2)10-15(9-12)23-7-6-20-17-5-4-14(19)11-16(17)18(21)22-3/h4-5,8-11,20H,6-7H2,1-3H3. The Bertz CT molecular complexity index is 680. The molecule has 4 nitrogen and oxygen atoms in total. The van der Waals surface area contributed by atoms with E-state index in [4.69, 9.17) is 9.47 Å². The van der Waals surface area contributed by atoms with E-state index in [1.54, 1.807) is 6.07 Å². The summed E-state index contributed by atoms with van der Waals surface area (Å²) in [5, 5.41) is 3.21. The average molecular weight is 378 g/mol. The van der Waals surface area contributed by atoms with E-state index in [1.165, 1.54) is 18.2 Å². The Morgan fingerprint density at radius 2 is 1.83 bits per heavy atom. The first-order chi connectivity index (χ1) is 11.0. The first-order valence-corrected chi connectivity index (χ1v) is 8.11. The van der Waals surface area contributed by atoms with Crippen LogP contribution >= 0.6 is 15.9 Å². The lowest BCUT2D eigenvalue weighted by atomic mass is 10.1. The van der Waals surface area contributed by atoms with Crippen molar-refractivity contribution in [1.29, 1.82) is 0 Å². The quantitative estimate of drug-likeness (QED) is 0.600. The van der Waals surface area contributed by atoms with E-state index >= 15 is 0 Å². The van der Waals surface area contributed by atoms with Gasteiger partial charge in [0, 0.05) is 16.7 Å². The van der Waals surface area contributed by atoms with Crippen LogP contribution in [0, 0.1) is 13.8 Å². The summed E-state index contributed by atoms with van der Waals surface area (Å²) in [6, 6.07) is 11.6. The minimum Gasteiger partial charge on any atom is -0.492 e. The highest BCUT2D eigenvalue weighted by Gasteiger charge is 2.12. The Balaban J connectivity index is 1.95. The zero-order chi connectivity index (χ0) is 16.8. The van der Waals surface area contributed by atoms with Crippen LogP contribution < -0.4 is 10.1 Å². The second kappa shape index (κ2) is 8.02. The molecule has 0 atom stereocenters. The molecule has 2 rings (SSSR count). The number of halogens is 1. The van der Waals surface area contributed by atoms with Crippen molar-refractivity contribution in [2.45, 2.75) is 13.8 Å². The first kappa shape index (κ1) is 17.3. The molecule has 0 aliphatic carbocycles. The van der Waals surface area contributed by atoms with E-state index in [9.17, 15) is 4.79 Å². The van der Waals surface area contributed by atoms with Gasteiger partial charge in [-0.1, -0.05) is 22.0 Å².